The Morgan fingerprint density at radius 3 is 1.83 bits per heavy atom. The van der Waals surface area contributed by atoms with Crippen molar-refractivity contribution in [2.75, 3.05) is 20.2 Å². The SMILES string of the molecule is COc1ccc(-c2c(-c3ccc(C)cc3)nc(-c3cc(C(F)(F)F)cc(C(F)(F)F)c3)n2Cc2ccc(C(=O)NCCCCCCCCCN)cc2)cc1. The molecule has 286 valence electrons. The second kappa shape index (κ2) is 17.8. The lowest BCUT2D eigenvalue weighted by molar-refractivity contribution is -0.143. The summed E-state index contributed by atoms with van der Waals surface area (Å²) in [6, 6.07) is 22.5. The third-order valence-electron chi connectivity index (χ3n) is 9.23. The van der Waals surface area contributed by atoms with E-state index in [1.807, 2.05) is 31.2 Å². The predicted molar refractivity (Wildman–Crippen MR) is 199 cm³/mol. The van der Waals surface area contributed by atoms with Crippen molar-refractivity contribution in [3.63, 3.8) is 0 Å². The molecule has 0 bridgehead atoms. The van der Waals surface area contributed by atoms with Crippen molar-refractivity contribution in [2.45, 2.75) is 70.8 Å². The Morgan fingerprint density at radius 2 is 1.28 bits per heavy atom. The highest BCUT2D eigenvalue weighted by Crippen LogP contribution is 2.42. The number of unbranched alkanes of at least 4 members (excludes halogenated alkanes) is 6. The van der Waals surface area contributed by atoms with Gasteiger partial charge in [-0.05, 0) is 86.5 Å². The summed E-state index contributed by atoms with van der Waals surface area (Å²) in [5.74, 6) is 0.230. The van der Waals surface area contributed by atoms with Crippen molar-refractivity contribution in [3.05, 3.63) is 119 Å². The Balaban J connectivity index is 1.53. The first-order chi connectivity index (χ1) is 25.8. The number of hydrogen-bond acceptors (Lipinski definition) is 4. The predicted octanol–water partition coefficient (Wildman–Crippen LogP) is 10.7. The summed E-state index contributed by atoms with van der Waals surface area (Å²) in [6.07, 6.45) is -2.69. The number of carbonyl (C=O) groups is 1. The third kappa shape index (κ3) is 10.3. The topological polar surface area (TPSA) is 82.2 Å². The monoisotopic (exact) mass is 750 g/mol. The average molecular weight is 751 g/mol. The number of nitrogens with two attached hydrogens (primary N) is 1. The standard InChI is InChI=1S/C42H44F6N4O2/c1-28-10-14-30(15-11-28)37-38(31-18-20-36(54-2)21-19-31)52(39(51-37)33-24-34(41(43,44)45)26-35(25-33)42(46,47)48)27-29-12-16-32(17-13-29)40(53)50-23-9-7-5-3-4-6-8-22-49/h10-21,24-26H,3-9,22-23,27,49H2,1-2H3,(H,50,53). The number of carbonyl (C=O) groups excluding carboxylic acids is 1. The van der Waals surface area contributed by atoms with Crippen molar-refractivity contribution >= 4 is 5.91 Å². The van der Waals surface area contributed by atoms with Gasteiger partial charge in [-0.2, -0.15) is 26.3 Å². The second-order valence-electron chi connectivity index (χ2n) is 13.3. The lowest BCUT2D eigenvalue weighted by Crippen LogP contribution is -2.24. The van der Waals surface area contributed by atoms with Gasteiger partial charge in [-0.1, -0.05) is 74.1 Å². The molecule has 1 heterocycles. The van der Waals surface area contributed by atoms with E-state index >= 15 is 0 Å². The van der Waals surface area contributed by atoms with Crippen LogP contribution in [0, 0.1) is 6.92 Å². The van der Waals surface area contributed by atoms with Crippen LogP contribution in [0.25, 0.3) is 33.9 Å². The van der Waals surface area contributed by atoms with E-state index in [-0.39, 0.29) is 29.9 Å². The number of benzene rings is 4. The van der Waals surface area contributed by atoms with E-state index in [1.165, 1.54) is 7.11 Å². The molecule has 12 heteroatoms. The highest BCUT2D eigenvalue weighted by Gasteiger charge is 2.38. The second-order valence-corrected chi connectivity index (χ2v) is 13.3. The van der Waals surface area contributed by atoms with Crippen LogP contribution in [0.5, 0.6) is 5.75 Å². The molecular formula is C42H44F6N4O2. The number of alkyl halides is 6. The summed E-state index contributed by atoms with van der Waals surface area (Å²) in [7, 11) is 1.51. The summed E-state index contributed by atoms with van der Waals surface area (Å²) < 4.78 is 91.4. The van der Waals surface area contributed by atoms with Crippen LogP contribution >= 0.6 is 0 Å². The lowest BCUT2D eigenvalue weighted by atomic mass is 10.0. The maximum Gasteiger partial charge on any atom is 0.416 e. The minimum atomic E-state index is -5.05. The summed E-state index contributed by atoms with van der Waals surface area (Å²) in [5, 5.41) is 2.95. The van der Waals surface area contributed by atoms with Gasteiger partial charge >= 0.3 is 12.4 Å². The number of nitrogens with one attached hydrogen (secondary N) is 1. The first kappa shape index (κ1) is 40.1. The van der Waals surface area contributed by atoms with Crippen LogP contribution < -0.4 is 15.8 Å². The number of nitrogens with zero attached hydrogens (tertiary/aromatic N) is 2. The number of hydrogen-bond donors (Lipinski definition) is 2. The Hall–Kier alpha value is -5.10. The summed E-state index contributed by atoms with van der Waals surface area (Å²) in [5.41, 5.74) is 6.40. The fraction of sp³-hybridized carbons (Fsp3) is 0.333. The molecule has 0 saturated heterocycles. The molecule has 3 N–H and O–H groups in total. The lowest BCUT2D eigenvalue weighted by Gasteiger charge is -2.17. The van der Waals surface area contributed by atoms with Crippen LogP contribution in [0.2, 0.25) is 0 Å². The van der Waals surface area contributed by atoms with Gasteiger partial charge < -0.3 is 20.4 Å². The zero-order chi connectivity index (χ0) is 38.9. The zero-order valence-electron chi connectivity index (χ0n) is 30.3. The van der Waals surface area contributed by atoms with Crippen LogP contribution in [0.3, 0.4) is 0 Å². The Bertz CT molecular complexity index is 1950. The van der Waals surface area contributed by atoms with Crippen molar-refractivity contribution in [3.8, 4) is 39.7 Å². The first-order valence-corrected chi connectivity index (χ1v) is 18.0. The van der Waals surface area contributed by atoms with E-state index in [2.05, 4.69) is 5.32 Å². The van der Waals surface area contributed by atoms with Gasteiger partial charge in [-0.15, -0.1) is 0 Å². The van der Waals surface area contributed by atoms with Gasteiger partial charge in [0.15, 0.2) is 0 Å². The first-order valence-electron chi connectivity index (χ1n) is 18.0. The molecule has 5 rings (SSSR count). The number of amides is 1. The quantitative estimate of drug-likeness (QED) is 0.0777. The fourth-order valence-electron chi connectivity index (χ4n) is 6.27. The van der Waals surface area contributed by atoms with E-state index in [0.29, 0.717) is 64.6 Å². The van der Waals surface area contributed by atoms with Crippen LogP contribution in [0.15, 0.2) is 91.0 Å². The summed E-state index contributed by atoms with van der Waals surface area (Å²) in [6.45, 7) is 3.16. The molecular weight excluding hydrogens is 706 g/mol. The van der Waals surface area contributed by atoms with Gasteiger partial charge in [0.25, 0.3) is 5.91 Å². The molecule has 0 aliphatic heterocycles. The fourth-order valence-corrected chi connectivity index (χ4v) is 6.27. The van der Waals surface area contributed by atoms with E-state index in [1.54, 1.807) is 53.1 Å². The molecule has 0 spiro atoms. The Morgan fingerprint density at radius 1 is 0.722 bits per heavy atom. The van der Waals surface area contributed by atoms with Crippen LogP contribution in [0.4, 0.5) is 26.3 Å². The maximum atomic E-state index is 14.1. The molecule has 5 aromatic rings. The normalized spacial score (nSPS) is 11.9. The van der Waals surface area contributed by atoms with Gasteiger partial charge in [-0.25, -0.2) is 4.98 Å². The third-order valence-corrected chi connectivity index (χ3v) is 9.23. The number of halogens is 6. The summed E-state index contributed by atoms with van der Waals surface area (Å²) >= 11 is 0. The molecule has 0 fully saturated rings. The molecule has 0 unspecified atom stereocenters. The molecule has 0 saturated carbocycles. The average Bonchev–Trinajstić information content (AvgIpc) is 3.52. The molecule has 0 radical (unpaired) electrons. The minimum absolute atomic E-state index is 0.0142. The summed E-state index contributed by atoms with van der Waals surface area (Å²) in [4.78, 5) is 17.7. The molecule has 0 atom stereocenters. The number of rotatable bonds is 16. The molecule has 54 heavy (non-hydrogen) atoms. The van der Waals surface area contributed by atoms with Crippen molar-refractivity contribution in [2.24, 2.45) is 5.73 Å². The van der Waals surface area contributed by atoms with Crippen LogP contribution in [-0.4, -0.2) is 35.7 Å². The highest BCUT2D eigenvalue weighted by atomic mass is 19.4. The van der Waals surface area contributed by atoms with Crippen molar-refractivity contribution in [1.29, 1.82) is 0 Å². The van der Waals surface area contributed by atoms with Gasteiger partial charge in [0.1, 0.15) is 11.6 Å². The number of methoxy groups -OCH3 is 1. The van der Waals surface area contributed by atoms with Crippen LogP contribution in [0.1, 0.15) is 77.6 Å². The van der Waals surface area contributed by atoms with Gasteiger partial charge in [-0.3, -0.25) is 4.79 Å². The van der Waals surface area contributed by atoms with Crippen molar-refractivity contribution in [1.82, 2.24) is 14.9 Å². The maximum absolute atomic E-state index is 14.1. The van der Waals surface area contributed by atoms with Gasteiger partial charge in [0.2, 0.25) is 0 Å². The number of aromatic nitrogens is 2. The van der Waals surface area contributed by atoms with Crippen molar-refractivity contribution < 1.29 is 35.9 Å². The molecule has 1 amide bonds. The number of aryl methyl sites for hydroxylation is 1. The highest BCUT2D eigenvalue weighted by molar-refractivity contribution is 5.94. The van der Waals surface area contributed by atoms with Crippen LogP contribution in [-0.2, 0) is 18.9 Å². The Labute approximate surface area is 311 Å². The van der Waals surface area contributed by atoms with E-state index in [9.17, 15) is 31.1 Å². The van der Waals surface area contributed by atoms with Gasteiger partial charge in [0, 0.05) is 35.3 Å². The minimum Gasteiger partial charge on any atom is -0.497 e. The largest absolute Gasteiger partial charge is 0.497 e. The molecule has 1 aromatic heterocycles. The zero-order valence-corrected chi connectivity index (χ0v) is 30.3. The molecule has 6 nitrogen and oxygen atoms in total. The number of imidazole rings is 1. The van der Waals surface area contributed by atoms with E-state index in [4.69, 9.17) is 15.5 Å². The van der Waals surface area contributed by atoms with Gasteiger partial charge in [0.05, 0.1) is 29.6 Å². The Kier molecular flexibility index (Phi) is 13.2. The molecule has 4 aromatic carbocycles. The van der Waals surface area contributed by atoms with E-state index < -0.39 is 23.5 Å². The van der Waals surface area contributed by atoms with E-state index in [0.717, 1.165) is 50.5 Å². The number of ether oxygens (including phenoxy) is 1. The molecule has 0 aliphatic carbocycles. The molecule has 0 aliphatic rings. The smallest absolute Gasteiger partial charge is 0.416 e.